The van der Waals surface area contributed by atoms with E-state index in [0.29, 0.717) is 24.8 Å². The highest BCUT2D eigenvalue weighted by molar-refractivity contribution is 6.30. The Kier molecular flexibility index (Phi) is 5.21. The quantitative estimate of drug-likeness (QED) is 0.783. The number of halogens is 5. The Morgan fingerprint density at radius 3 is 2.26 bits per heavy atom. The summed E-state index contributed by atoms with van der Waals surface area (Å²) >= 11 is 5.50. The van der Waals surface area contributed by atoms with Crippen LogP contribution in [0.5, 0.6) is 0 Å². The number of hydrogen-bond acceptors (Lipinski definition) is 1. The molecule has 0 aromatic heterocycles. The fourth-order valence-electron chi connectivity index (χ4n) is 1.71. The minimum absolute atomic E-state index is 0.180. The summed E-state index contributed by atoms with van der Waals surface area (Å²) in [5.74, 6) is -0.527. The largest absolute Gasteiger partial charge is 0.416 e. The molecular weight excluding hydrogens is 282 g/mol. The van der Waals surface area contributed by atoms with Crippen LogP contribution in [0, 0.1) is 11.7 Å². The summed E-state index contributed by atoms with van der Waals surface area (Å²) in [5.41, 5.74) is 4.60. The number of benzene rings is 1. The van der Waals surface area contributed by atoms with Crippen molar-refractivity contribution in [2.24, 2.45) is 11.7 Å². The average Bonchev–Trinajstić information content (AvgIpc) is 2.27. The smallest absolute Gasteiger partial charge is 0.324 e. The summed E-state index contributed by atoms with van der Waals surface area (Å²) in [5, 5.41) is -0.551. The van der Waals surface area contributed by atoms with Gasteiger partial charge >= 0.3 is 6.18 Å². The molecule has 1 rings (SSSR count). The molecule has 0 bridgehead atoms. The molecule has 0 spiro atoms. The van der Waals surface area contributed by atoms with Crippen LogP contribution in [0.2, 0.25) is 5.02 Å². The number of rotatable bonds is 4. The summed E-state index contributed by atoms with van der Waals surface area (Å²) < 4.78 is 51.7. The zero-order valence-electron chi connectivity index (χ0n) is 10.7. The minimum Gasteiger partial charge on any atom is -0.324 e. The average molecular weight is 298 g/mol. The first kappa shape index (κ1) is 16.2. The van der Waals surface area contributed by atoms with E-state index in [-0.39, 0.29) is 5.56 Å². The number of alkyl halides is 3. The van der Waals surface area contributed by atoms with Crippen LogP contribution in [0.25, 0.3) is 0 Å². The molecule has 0 heterocycles. The fourth-order valence-corrected chi connectivity index (χ4v) is 1.94. The summed E-state index contributed by atoms with van der Waals surface area (Å²) in [6.07, 6.45) is -3.45. The topological polar surface area (TPSA) is 26.0 Å². The molecule has 108 valence electrons. The molecule has 0 unspecified atom stereocenters. The molecule has 1 aromatic carbocycles. The van der Waals surface area contributed by atoms with E-state index in [1.165, 1.54) is 0 Å². The third-order valence-electron chi connectivity index (χ3n) is 2.84. The lowest BCUT2D eigenvalue weighted by atomic mass is 9.96. The van der Waals surface area contributed by atoms with Gasteiger partial charge in [0.15, 0.2) is 0 Å². The second-order valence-corrected chi connectivity index (χ2v) is 5.34. The molecule has 0 aliphatic heterocycles. The van der Waals surface area contributed by atoms with E-state index in [2.05, 4.69) is 0 Å². The summed E-state index contributed by atoms with van der Waals surface area (Å²) in [6.45, 7) is 3.92. The molecule has 19 heavy (non-hydrogen) atoms. The SMILES string of the molecule is CC(C)CC[C@H](N)c1cc(C(F)(F)F)cc(Cl)c1F. The Hall–Kier alpha value is -0.810. The van der Waals surface area contributed by atoms with Gasteiger partial charge in [-0.15, -0.1) is 0 Å². The van der Waals surface area contributed by atoms with Gasteiger partial charge in [0.25, 0.3) is 0 Å². The second kappa shape index (κ2) is 6.09. The van der Waals surface area contributed by atoms with Crippen LogP contribution >= 0.6 is 11.6 Å². The number of hydrogen-bond donors (Lipinski definition) is 1. The minimum atomic E-state index is -4.57. The van der Waals surface area contributed by atoms with Gasteiger partial charge in [-0.1, -0.05) is 25.4 Å². The Bertz CT molecular complexity index is 443. The summed E-state index contributed by atoms with van der Waals surface area (Å²) in [4.78, 5) is 0. The maximum absolute atomic E-state index is 13.8. The van der Waals surface area contributed by atoms with Crippen molar-refractivity contribution in [1.82, 2.24) is 0 Å². The van der Waals surface area contributed by atoms with Gasteiger partial charge < -0.3 is 5.73 Å². The highest BCUT2D eigenvalue weighted by Gasteiger charge is 2.32. The Balaban J connectivity index is 3.09. The molecule has 0 saturated carbocycles. The molecular formula is C13H16ClF4N. The van der Waals surface area contributed by atoms with Crippen molar-refractivity contribution in [2.45, 2.75) is 38.9 Å². The monoisotopic (exact) mass is 297 g/mol. The van der Waals surface area contributed by atoms with Crippen LogP contribution in [0.3, 0.4) is 0 Å². The molecule has 0 amide bonds. The maximum atomic E-state index is 13.8. The van der Waals surface area contributed by atoms with Gasteiger partial charge in [0.05, 0.1) is 10.6 Å². The van der Waals surface area contributed by atoms with Crippen LogP contribution in [-0.4, -0.2) is 0 Å². The lowest BCUT2D eigenvalue weighted by Gasteiger charge is -2.17. The highest BCUT2D eigenvalue weighted by Crippen LogP contribution is 2.35. The van der Waals surface area contributed by atoms with Gasteiger partial charge in [-0.2, -0.15) is 13.2 Å². The number of nitrogens with two attached hydrogens (primary N) is 1. The molecule has 0 radical (unpaired) electrons. The lowest BCUT2D eigenvalue weighted by Crippen LogP contribution is -2.15. The van der Waals surface area contributed by atoms with Crippen LogP contribution in [0.15, 0.2) is 12.1 Å². The highest BCUT2D eigenvalue weighted by atomic mass is 35.5. The van der Waals surface area contributed by atoms with Gasteiger partial charge in [-0.3, -0.25) is 0 Å². The molecule has 2 N–H and O–H groups in total. The van der Waals surface area contributed by atoms with Crippen molar-refractivity contribution in [3.63, 3.8) is 0 Å². The third-order valence-corrected chi connectivity index (χ3v) is 3.11. The van der Waals surface area contributed by atoms with Crippen molar-refractivity contribution in [1.29, 1.82) is 0 Å². The van der Waals surface area contributed by atoms with Crippen molar-refractivity contribution in [2.75, 3.05) is 0 Å². The van der Waals surface area contributed by atoms with E-state index in [9.17, 15) is 17.6 Å². The molecule has 0 aliphatic carbocycles. The Morgan fingerprint density at radius 1 is 1.21 bits per heavy atom. The normalized spacial score (nSPS) is 13.9. The Labute approximate surface area is 114 Å². The fraction of sp³-hybridized carbons (Fsp3) is 0.538. The maximum Gasteiger partial charge on any atom is 0.416 e. The zero-order chi connectivity index (χ0) is 14.8. The third kappa shape index (κ3) is 4.35. The zero-order valence-corrected chi connectivity index (χ0v) is 11.4. The summed E-state index contributed by atoms with van der Waals surface area (Å²) in [6, 6.07) is 0.532. The predicted molar refractivity (Wildman–Crippen MR) is 67.4 cm³/mol. The standard InChI is InChI=1S/C13H16ClF4N/c1-7(2)3-4-11(19)9-5-8(13(16,17)18)6-10(14)12(9)15/h5-7,11H,3-4,19H2,1-2H3/t11-/m0/s1. The first-order valence-corrected chi connectivity index (χ1v) is 6.32. The van der Waals surface area contributed by atoms with Gasteiger partial charge in [-0.25, -0.2) is 4.39 Å². The van der Waals surface area contributed by atoms with Crippen LogP contribution in [-0.2, 0) is 6.18 Å². The second-order valence-electron chi connectivity index (χ2n) is 4.94. The van der Waals surface area contributed by atoms with Crippen molar-refractivity contribution >= 4 is 11.6 Å². The van der Waals surface area contributed by atoms with Gasteiger partial charge in [0.1, 0.15) is 5.82 Å². The Morgan fingerprint density at radius 2 is 1.79 bits per heavy atom. The molecule has 0 saturated heterocycles. The van der Waals surface area contributed by atoms with Crippen molar-refractivity contribution < 1.29 is 17.6 Å². The van der Waals surface area contributed by atoms with Crippen molar-refractivity contribution in [3.05, 3.63) is 34.1 Å². The molecule has 0 aliphatic rings. The van der Waals surface area contributed by atoms with E-state index >= 15 is 0 Å². The first-order chi connectivity index (χ1) is 8.62. The lowest BCUT2D eigenvalue weighted by molar-refractivity contribution is -0.137. The van der Waals surface area contributed by atoms with Crippen LogP contribution in [0.1, 0.15) is 43.9 Å². The van der Waals surface area contributed by atoms with E-state index in [4.69, 9.17) is 17.3 Å². The predicted octanol–water partition coefficient (Wildman–Crippen LogP) is 4.93. The van der Waals surface area contributed by atoms with E-state index in [1.54, 1.807) is 0 Å². The van der Waals surface area contributed by atoms with Gasteiger partial charge in [0.2, 0.25) is 0 Å². The van der Waals surface area contributed by atoms with E-state index in [0.717, 1.165) is 6.07 Å². The van der Waals surface area contributed by atoms with Gasteiger partial charge in [-0.05, 0) is 30.9 Å². The molecule has 1 nitrogen and oxygen atoms in total. The molecule has 1 atom stereocenters. The molecule has 1 aromatic rings. The van der Waals surface area contributed by atoms with E-state index in [1.807, 2.05) is 13.8 Å². The van der Waals surface area contributed by atoms with Crippen LogP contribution < -0.4 is 5.73 Å². The van der Waals surface area contributed by atoms with Crippen LogP contribution in [0.4, 0.5) is 17.6 Å². The summed E-state index contributed by atoms with van der Waals surface area (Å²) in [7, 11) is 0. The first-order valence-electron chi connectivity index (χ1n) is 5.94. The van der Waals surface area contributed by atoms with Gasteiger partial charge in [0, 0.05) is 11.6 Å². The molecule has 6 heteroatoms. The van der Waals surface area contributed by atoms with E-state index < -0.39 is 28.6 Å². The van der Waals surface area contributed by atoms with Crippen molar-refractivity contribution in [3.8, 4) is 0 Å². The molecule has 0 fully saturated rings.